The van der Waals surface area contributed by atoms with Gasteiger partial charge in [0.05, 0.1) is 29.6 Å². The van der Waals surface area contributed by atoms with E-state index in [1.807, 2.05) is 44.2 Å². The zero-order chi connectivity index (χ0) is 49.0. The lowest BCUT2D eigenvalue weighted by atomic mass is 9.92. The molecule has 0 aliphatic carbocycles. The maximum Gasteiger partial charge on any atom is 0.406 e. The van der Waals surface area contributed by atoms with Crippen molar-refractivity contribution in [2.24, 2.45) is 18.9 Å². The summed E-state index contributed by atoms with van der Waals surface area (Å²) in [6, 6.07) is 10.7. The van der Waals surface area contributed by atoms with Crippen molar-refractivity contribution in [1.82, 2.24) is 39.9 Å². The number of carbonyl (C=O) groups excluding carboxylic acids is 5. The molecule has 2 fully saturated rings. The van der Waals surface area contributed by atoms with E-state index in [9.17, 15) is 37.1 Å². The predicted octanol–water partition coefficient (Wildman–Crippen LogP) is 6.14. The zero-order valence-corrected chi connectivity index (χ0v) is 39.6. The molecule has 18 heteroatoms. The molecule has 2 aliphatic heterocycles. The summed E-state index contributed by atoms with van der Waals surface area (Å²) in [6.45, 7) is 13.1. The van der Waals surface area contributed by atoms with Crippen molar-refractivity contribution < 1.29 is 46.6 Å². The van der Waals surface area contributed by atoms with Crippen LogP contribution in [0.25, 0.3) is 33.3 Å². The number of ether oxygens (including phenoxy) is 2. The number of aromatic nitrogens is 3. The first-order valence-electron chi connectivity index (χ1n) is 22.7. The van der Waals surface area contributed by atoms with Crippen LogP contribution in [0.3, 0.4) is 0 Å². The Bertz CT molecular complexity index is 2470. The number of fused-ring (bicyclic) bond motifs is 1. The maximum absolute atomic E-state index is 14.6. The molecule has 4 atom stereocenters. The van der Waals surface area contributed by atoms with E-state index in [4.69, 9.17) is 9.47 Å². The molecule has 4 amide bonds. The Morgan fingerprint density at radius 2 is 1.79 bits per heavy atom. The minimum Gasteiger partial charge on any atom is -0.462 e. The van der Waals surface area contributed by atoms with Crippen molar-refractivity contribution in [2.75, 3.05) is 40.3 Å². The van der Waals surface area contributed by atoms with Crippen LogP contribution >= 0.6 is 0 Å². The van der Waals surface area contributed by atoms with E-state index in [0.29, 0.717) is 76.9 Å². The Labute approximate surface area is 389 Å². The quantitative estimate of drug-likeness (QED) is 0.0883. The van der Waals surface area contributed by atoms with Gasteiger partial charge >= 0.3 is 6.18 Å². The van der Waals surface area contributed by atoms with Crippen molar-refractivity contribution in [3.05, 3.63) is 78.1 Å². The molecule has 4 heterocycles. The molecule has 362 valence electrons. The van der Waals surface area contributed by atoms with Crippen LogP contribution in [-0.4, -0.2) is 123 Å². The number of nitrogens with one attached hydrogen (secondary N) is 2. The second-order valence-corrected chi connectivity index (χ2v) is 18.5. The van der Waals surface area contributed by atoms with Crippen LogP contribution in [-0.2, 0) is 59.9 Å². The fourth-order valence-electron chi connectivity index (χ4n) is 9.53. The summed E-state index contributed by atoms with van der Waals surface area (Å²) in [6.07, 6.45) is -0.146. The molecule has 0 bridgehead atoms. The summed E-state index contributed by atoms with van der Waals surface area (Å²) < 4.78 is 57.6. The van der Waals surface area contributed by atoms with E-state index in [1.165, 1.54) is 33.9 Å². The molecule has 2 aliphatic rings. The minimum absolute atomic E-state index is 0.0574. The summed E-state index contributed by atoms with van der Waals surface area (Å²) in [7, 11) is 4.78. The summed E-state index contributed by atoms with van der Waals surface area (Å²) in [5.41, 5.74) is 6.21. The van der Waals surface area contributed by atoms with Crippen molar-refractivity contribution >= 4 is 41.0 Å². The Balaban J connectivity index is 1.39. The van der Waals surface area contributed by atoms with Crippen molar-refractivity contribution in [3.8, 4) is 22.4 Å². The molecule has 0 spiro atoms. The number of hydrogen-bond donors (Lipinski definition) is 2. The molecule has 2 aromatic heterocycles. The van der Waals surface area contributed by atoms with Gasteiger partial charge in [0.1, 0.15) is 24.2 Å². The van der Waals surface area contributed by atoms with Crippen molar-refractivity contribution in [3.63, 3.8) is 0 Å². The highest BCUT2D eigenvalue weighted by atomic mass is 19.4. The predicted molar refractivity (Wildman–Crippen MR) is 247 cm³/mol. The van der Waals surface area contributed by atoms with E-state index in [-0.39, 0.29) is 48.7 Å². The highest BCUT2D eigenvalue weighted by Crippen LogP contribution is 2.42. The normalized spacial score (nSPS) is 17.0. The highest BCUT2D eigenvalue weighted by Gasteiger charge is 2.40. The standard InChI is InChI=1S/C49H63F3N8O7/c1-10-41(62)58-21-18-35(27-58)46(64)56(7)42(30(2)3)45(63)55-39(47(65)60-20-12-11-19-53-60)23-32-14-13-15-33(22-32)34-16-17-40-36(24-34)37(25-48(5,6)67-29-61)44(59(40)28-49(50,51)52)38-26-54-57(8)43(38)31(4)66-9/h10,13-17,22,24,26,29-31,35,39,42,53H,1,11-12,18-21,23,25,27-28H2,2-9H3,(H,55,63). The van der Waals surface area contributed by atoms with E-state index in [2.05, 4.69) is 22.4 Å². The summed E-state index contributed by atoms with van der Waals surface area (Å²) in [5, 5.41) is 9.47. The highest BCUT2D eigenvalue weighted by molar-refractivity contribution is 5.96. The summed E-state index contributed by atoms with van der Waals surface area (Å²) in [5.74, 6) is -2.19. The summed E-state index contributed by atoms with van der Waals surface area (Å²) >= 11 is 0. The number of methoxy groups -OCH3 is 1. The topological polar surface area (TPSA) is 160 Å². The van der Waals surface area contributed by atoms with E-state index in [1.54, 1.807) is 56.6 Å². The fourth-order valence-corrected chi connectivity index (χ4v) is 9.53. The van der Waals surface area contributed by atoms with Crippen LogP contribution in [0.15, 0.2) is 61.3 Å². The molecule has 4 aromatic rings. The van der Waals surface area contributed by atoms with Crippen LogP contribution in [0, 0.1) is 11.8 Å². The lowest BCUT2D eigenvalue weighted by Crippen LogP contribution is -2.59. The number of amides is 4. The largest absolute Gasteiger partial charge is 0.462 e. The number of alkyl halides is 3. The molecular formula is C49H63F3N8O7. The first-order chi connectivity index (χ1) is 31.7. The van der Waals surface area contributed by atoms with Gasteiger partial charge in [0.2, 0.25) is 17.7 Å². The molecular weight excluding hydrogens is 870 g/mol. The van der Waals surface area contributed by atoms with Gasteiger partial charge in [0.15, 0.2) is 0 Å². The number of hydrogen-bond acceptors (Lipinski definition) is 9. The molecule has 0 radical (unpaired) electrons. The summed E-state index contributed by atoms with van der Waals surface area (Å²) in [4.78, 5) is 69.4. The average Bonchev–Trinajstić information content (AvgIpc) is 4.00. The lowest BCUT2D eigenvalue weighted by Gasteiger charge is -2.35. The van der Waals surface area contributed by atoms with Gasteiger partial charge in [-0.3, -0.25) is 33.7 Å². The van der Waals surface area contributed by atoms with Gasteiger partial charge in [0.25, 0.3) is 12.4 Å². The number of likely N-dealkylation sites (N-methyl/N-ethyl adjacent to an activating group) is 1. The Kier molecular flexibility index (Phi) is 15.7. The van der Waals surface area contributed by atoms with Crippen LogP contribution in [0.4, 0.5) is 13.2 Å². The smallest absolute Gasteiger partial charge is 0.406 e. The molecule has 2 saturated heterocycles. The first-order valence-corrected chi connectivity index (χ1v) is 22.7. The molecule has 4 unspecified atom stereocenters. The third kappa shape index (κ3) is 11.4. The number of rotatable bonds is 18. The van der Waals surface area contributed by atoms with Gasteiger partial charge < -0.3 is 29.2 Å². The molecule has 15 nitrogen and oxygen atoms in total. The van der Waals surface area contributed by atoms with E-state index >= 15 is 0 Å². The fraction of sp³-hybridized carbons (Fsp3) is 0.510. The van der Waals surface area contributed by atoms with Crippen LogP contribution in [0.2, 0.25) is 0 Å². The van der Waals surface area contributed by atoms with Gasteiger partial charge in [-0.25, -0.2) is 5.43 Å². The second-order valence-electron chi connectivity index (χ2n) is 18.5. The van der Waals surface area contributed by atoms with Crippen LogP contribution in [0.1, 0.15) is 76.8 Å². The zero-order valence-electron chi connectivity index (χ0n) is 39.6. The third-order valence-electron chi connectivity index (χ3n) is 12.8. The maximum atomic E-state index is 14.6. The molecule has 67 heavy (non-hydrogen) atoms. The lowest BCUT2D eigenvalue weighted by molar-refractivity contribution is -0.145. The minimum atomic E-state index is -4.60. The van der Waals surface area contributed by atoms with Crippen molar-refractivity contribution in [2.45, 2.75) is 103 Å². The van der Waals surface area contributed by atoms with Gasteiger partial charge in [-0.1, -0.05) is 50.8 Å². The molecule has 2 aromatic carbocycles. The number of benzene rings is 2. The van der Waals surface area contributed by atoms with E-state index < -0.39 is 48.3 Å². The van der Waals surface area contributed by atoms with Gasteiger partial charge in [0, 0.05) is 76.7 Å². The van der Waals surface area contributed by atoms with Crippen LogP contribution in [0.5, 0.6) is 0 Å². The SMILES string of the molecule is C=CC(=O)N1CCC(C(=O)N(C)C(C(=O)NC(Cc2cccc(-c3ccc4c(c3)c(CC(C)(C)OC=O)c(-c3cnn(C)c3C(C)OC)n4CC(F)(F)F)c2)C(=O)N2CCCCN2)C(C)C)C1. The van der Waals surface area contributed by atoms with Crippen molar-refractivity contribution in [1.29, 1.82) is 0 Å². The molecule has 2 N–H and O–H groups in total. The number of halogens is 3. The number of hydrazine groups is 1. The number of likely N-dealkylation sites (tertiary alicyclic amines) is 1. The monoisotopic (exact) mass is 932 g/mol. The number of aryl methyl sites for hydroxylation is 1. The molecule has 0 saturated carbocycles. The Morgan fingerprint density at radius 3 is 2.43 bits per heavy atom. The van der Waals surface area contributed by atoms with Gasteiger partial charge in [-0.2, -0.15) is 18.3 Å². The average molecular weight is 933 g/mol. The second kappa shape index (κ2) is 20.9. The number of carbonyl (C=O) groups is 5. The Hall–Kier alpha value is -6.01. The van der Waals surface area contributed by atoms with E-state index in [0.717, 1.165) is 12.8 Å². The third-order valence-corrected chi connectivity index (χ3v) is 12.8. The van der Waals surface area contributed by atoms with Crippen LogP contribution < -0.4 is 10.7 Å². The van der Waals surface area contributed by atoms with Gasteiger partial charge in [-0.05, 0) is 86.4 Å². The molecule has 6 rings (SSSR count). The Morgan fingerprint density at radius 1 is 1.06 bits per heavy atom. The first kappa shape index (κ1) is 50.4. The number of nitrogens with zero attached hydrogens (tertiary/aromatic N) is 6. The van der Waals surface area contributed by atoms with Gasteiger partial charge in [-0.15, -0.1) is 0 Å².